The van der Waals surface area contributed by atoms with Gasteiger partial charge in [0.05, 0.1) is 12.2 Å². The van der Waals surface area contributed by atoms with Gasteiger partial charge in [0, 0.05) is 17.6 Å². The van der Waals surface area contributed by atoms with E-state index < -0.39 is 0 Å². The van der Waals surface area contributed by atoms with Crippen LogP contribution in [-0.4, -0.2) is 18.8 Å². The summed E-state index contributed by atoms with van der Waals surface area (Å²) in [6.45, 7) is 8.70. The van der Waals surface area contributed by atoms with E-state index in [2.05, 4.69) is 54.2 Å². The van der Waals surface area contributed by atoms with E-state index in [9.17, 15) is 0 Å². The van der Waals surface area contributed by atoms with Crippen molar-refractivity contribution in [2.75, 3.05) is 13.2 Å². The van der Waals surface area contributed by atoms with Crippen LogP contribution in [0.1, 0.15) is 26.3 Å². The molecule has 0 aliphatic rings. The molecule has 0 saturated heterocycles. The third kappa shape index (κ3) is 5.64. The summed E-state index contributed by atoms with van der Waals surface area (Å²) in [4.78, 5) is 0. The molecule has 0 bridgehead atoms. The van der Waals surface area contributed by atoms with Gasteiger partial charge in [0.1, 0.15) is 0 Å². The molecule has 16 heavy (non-hydrogen) atoms. The number of ether oxygens (including phenoxy) is 1. The molecule has 0 aliphatic heterocycles. The van der Waals surface area contributed by atoms with Crippen LogP contribution in [0.2, 0.25) is 0 Å². The first-order valence-electron chi connectivity index (χ1n) is 5.57. The smallest absolute Gasteiger partial charge is 0.0599 e. The highest BCUT2D eigenvalue weighted by Crippen LogP contribution is 2.15. The highest BCUT2D eigenvalue weighted by Gasteiger charge is 2.08. The topological polar surface area (TPSA) is 21.3 Å². The Hall–Kier alpha value is -0.380. The highest BCUT2D eigenvalue weighted by atomic mass is 79.9. The minimum atomic E-state index is -0.0466. The summed E-state index contributed by atoms with van der Waals surface area (Å²) in [7, 11) is 0. The molecule has 2 nitrogen and oxygen atoms in total. The summed E-state index contributed by atoms with van der Waals surface area (Å²) in [5.41, 5.74) is 1.23. The highest BCUT2D eigenvalue weighted by molar-refractivity contribution is 9.10. The van der Waals surface area contributed by atoms with Crippen LogP contribution >= 0.6 is 15.9 Å². The second kappa shape index (κ2) is 6.38. The molecule has 0 unspecified atom stereocenters. The summed E-state index contributed by atoms with van der Waals surface area (Å²) >= 11 is 3.53. The van der Waals surface area contributed by atoms with Crippen LogP contribution in [0.15, 0.2) is 28.7 Å². The fraction of sp³-hybridized carbons (Fsp3) is 0.538. The lowest BCUT2D eigenvalue weighted by Crippen LogP contribution is -2.26. The van der Waals surface area contributed by atoms with Crippen molar-refractivity contribution in [2.24, 2.45) is 0 Å². The molecule has 0 aromatic heterocycles. The van der Waals surface area contributed by atoms with E-state index in [0.29, 0.717) is 0 Å². The van der Waals surface area contributed by atoms with Gasteiger partial charge in [-0.15, -0.1) is 0 Å². The number of hydrogen-bond acceptors (Lipinski definition) is 2. The van der Waals surface area contributed by atoms with E-state index >= 15 is 0 Å². The van der Waals surface area contributed by atoms with E-state index in [4.69, 9.17) is 4.74 Å². The molecule has 1 aromatic carbocycles. The van der Waals surface area contributed by atoms with Crippen LogP contribution in [0.5, 0.6) is 0 Å². The molecule has 0 spiro atoms. The first kappa shape index (κ1) is 13.7. The van der Waals surface area contributed by atoms with Crippen molar-refractivity contribution in [3.05, 3.63) is 34.3 Å². The predicted octanol–water partition coefficient (Wildman–Crippen LogP) is 3.35. The Balaban J connectivity index is 2.19. The fourth-order valence-electron chi connectivity index (χ4n) is 1.29. The fourth-order valence-corrected chi connectivity index (χ4v) is 1.72. The molecule has 0 heterocycles. The van der Waals surface area contributed by atoms with Crippen molar-refractivity contribution in [1.82, 2.24) is 5.32 Å². The Bertz CT molecular complexity index is 320. The predicted molar refractivity (Wildman–Crippen MR) is 71.6 cm³/mol. The Kier molecular flexibility index (Phi) is 5.46. The van der Waals surface area contributed by atoms with Crippen LogP contribution in [-0.2, 0) is 11.3 Å². The molecule has 0 amide bonds. The molecule has 1 N–H and O–H groups in total. The summed E-state index contributed by atoms with van der Waals surface area (Å²) in [5, 5.41) is 3.36. The molecule has 90 valence electrons. The molecule has 0 aliphatic carbocycles. The van der Waals surface area contributed by atoms with Gasteiger partial charge in [0.25, 0.3) is 0 Å². The molecular weight excluding hydrogens is 266 g/mol. The Morgan fingerprint density at radius 2 is 1.94 bits per heavy atom. The van der Waals surface area contributed by atoms with E-state index in [-0.39, 0.29) is 5.60 Å². The van der Waals surface area contributed by atoms with Crippen molar-refractivity contribution in [1.29, 1.82) is 0 Å². The van der Waals surface area contributed by atoms with Crippen molar-refractivity contribution in [3.63, 3.8) is 0 Å². The molecule has 0 saturated carbocycles. The molecule has 1 aromatic rings. The Morgan fingerprint density at radius 3 is 2.56 bits per heavy atom. The molecule has 1 rings (SSSR count). The van der Waals surface area contributed by atoms with Crippen LogP contribution in [0.3, 0.4) is 0 Å². The van der Waals surface area contributed by atoms with Gasteiger partial charge < -0.3 is 10.1 Å². The quantitative estimate of drug-likeness (QED) is 0.838. The van der Waals surface area contributed by atoms with Gasteiger partial charge in [0.2, 0.25) is 0 Å². The van der Waals surface area contributed by atoms with Crippen LogP contribution in [0.25, 0.3) is 0 Å². The molecule has 0 atom stereocenters. The lowest BCUT2D eigenvalue weighted by atomic mass is 10.2. The number of halogens is 1. The van der Waals surface area contributed by atoms with E-state index in [1.807, 2.05) is 12.1 Å². The zero-order chi connectivity index (χ0) is 12.0. The zero-order valence-corrected chi connectivity index (χ0v) is 11.8. The lowest BCUT2D eigenvalue weighted by molar-refractivity contribution is -0.000888. The molecule has 3 heteroatoms. The third-order valence-corrected chi connectivity index (χ3v) is 2.86. The largest absolute Gasteiger partial charge is 0.375 e. The monoisotopic (exact) mass is 285 g/mol. The third-order valence-electron chi connectivity index (χ3n) is 2.09. The maximum atomic E-state index is 5.62. The summed E-state index contributed by atoms with van der Waals surface area (Å²) < 4.78 is 6.78. The molecular formula is C13H20BrNO. The maximum absolute atomic E-state index is 5.62. The minimum Gasteiger partial charge on any atom is -0.375 e. The second-order valence-electron chi connectivity index (χ2n) is 4.73. The molecule has 0 fully saturated rings. The zero-order valence-electron chi connectivity index (χ0n) is 10.2. The van der Waals surface area contributed by atoms with Crippen LogP contribution in [0.4, 0.5) is 0 Å². The van der Waals surface area contributed by atoms with Crippen LogP contribution in [0, 0.1) is 0 Å². The first-order chi connectivity index (χ1) is 7.49. The van der Waals surface area contributed by atoms with E-state index in [1.165, 1.54) is 5.56 Å². The Morgan fingerprint density at radius 1 is 1.25 bits per heavy atom. The second-order valence-corrected chi connectivity index (χ2v) is 5.58. The van der Waals surface area contributed by atoms with Crippen molar-refractivity contribution in [2.45, 2.75) is 32.9 Å². The first-order valence-corrected chi connectivity index (χ1v) is 6.36. The number of nitrogens with one attached hydrogen (secondary N) is 1. The SMILES string of the molecule is CC(C)(C)OCCNCc1ccccc1Br. The normalized spacial score (nSPS) is 11.8. The van der Waals surface area contributed by atoms with Gasteiger partial charge in [-0.05, 0) is 32.4 Å². The molecule has 0 radical (unpaired) electrons. The van der Waals surface area contributed by atoms with Gasteiger partial charge in [0.15, 0.2) is 0 Å². The maximum Gasteiger partial charge on any atom is 0.0599 e. The van der Waals surface area contributed by atoms with Gasteiger partial charge in [-0.25, -0.2) is 0 Å². The number of rotatable bonds is 5. The van der Waals surface area contributed by atoms with Gasteiger partial charge in [-0.1, -0.05) is 34.1 Å². The van der Waals surface area contributed by atoms with Crippen LogP contribution < -0.4 is 5.32 Å². The van der Waals surface area contributed by atoms with Crippen molar-refractivity contribution >= 4 is 15.9 Å². The van der Waals surface area contributed by atoms with Gasteiger partial charge >= 0.3 is 0 Å². The summed E-state index contributed by atoms with van der Waals surface area (Å²) in [6.07, 6.45) is 0. The van der Waals surface area contributed by atoms with Gasteiger partial charge in [-0.2, -0.15) is 0 Å². The lowest BCUT2D eigenvalue weighted by Gasteiger charge is -2.19. The average molecular weight is 286 g/mol. The average Bonchev–Trinajstić information content (AvgIpc) is 2.18. The minimum absolute atomic E-state index is 0.0466. The van der Waals surface area contributed by atoms with E-state index in [0.717, 1.165) is 24.2 Å². The number of hydrogen-bond donors (Lipinski definition) is 1. The van der Waals surface area contributed by atoms with Crippen molar-refractivity contribution in [3.8, 4) is 0 Å². The van der Waals surface area contributed by atoms with Crippen molar-refractivity contribution < 1.29 is 4.74 Å². The standard InChI is InChI=1S/C13H20BrNO/c1-13(2,3)16-9-8-15-10-11-6-4-5-7-12(11)14/h4-7,15H,8-10H2,1-3H3. The number of benzene rings is 1. The summed E-state index contributed by atoms with van der Waals surface area (Å²) in [6, 6.07) is 8.24. The summed E-state index contributed by atoms with van der Waals surface area (Å²) in [5.74, 6) is 0. The van der Waals surface area contributed by atoms with E-state index in [1.54, 1.807) is 0 Å². The van der Waals surface area contributed by atoms with Gasteiger partial charge in [-0.3, -0.25) is 0 Å². The Labute approximate surface area is 107 Å².